The number of hydrogen-bond donors (Lipinski definition) is 1. The van der Waals surface area contributed by atoms with Crippen molar-refractivity contribution < 1.29 is 0 Å². The Hall–Kier alpha value is -0.820. The van der Waals surface area contributed by atoms with E-state index in [1.54, 1.807) is 5.56 Å². The summed E-state index contributed by atoms with van der Waals surface area (Å²) >= 11 is 0. The van der Waals surface area contributed by atoms with Crippen LogP contribution in [0.2, 0.25) is 0 Å². The molecule has 16 heavy (non-hydrogen) atoms. The first-order valence-corrected chi connectivity index (χ1v) is 6.60. The molecule has 1 heterocycles. The lowest BCUT2D eigenvalue weighted by molar-refractivity contribution is 0.273. The van der Waals surface area contributed by atoms with Gasteiger partial charge in [-0.2, -0.15) is 0 Å². The van der Waals surface area contributed by atoms with Gasteiger partial charge in [0.25, 0.3) is 0 Å². The fraction of sp³-hybridized carbons (Fsp3) is 0.600. The van der Waals surface area contributed by atoms with Crippen molar-refractivity contribution in [2.45, 2.75) is 25.7 Å². The van der Waals surface area contributed by atoms with Crippen LogP contribution in [0.4, 0.5) is 0 Å². The van der Waals surface area contributed by atoms with Gasteiger partial charge < -0.3 is 5.32 Å². The molecule has 1 aliphatic carbocycles. The molecule has 4 unspecified atom stereocenters. The van der Waals surface area contributed by atoms with Gasteiger partial charge in [0, 0.05) is 0 Å². The summed E-state index contributed by atoms with van der Waals surface area (Å²) in [6.45, 7) is 4.84. The van der Waals surface area contributed by atoms with E-state index in [2.05, 4.69) is 42.6 Å². The quantitative estimate of drug-likeness (QED) is 0.799. The predicted molar refractivity (Wildman–Crippen MR) is 67.4 cm³/mol. The monoisotopic (exact) mass is 215 g/mol. The molecular formula is C15H21N. The number of rotatable bonds is 2. The maximum atomic E-state index is 3.58. The Labute approximate surface area is 98.3 Å². The van der Waals surface area contributed by atoms with Crippen LogP contribution in [0.5, 0.6) is 0 Å². The van der Waals surface area contributed by atoms with E-state index >= 15 is 0 Å². The molecule has 2 fully saturated rings. The van der Waals surface area contributed by atoms with Crippen LogP contribution in [0.15, 0.2) is 30.3 Å². The minimum atomic E-state index is 0.860. The first-order chi connectivity index (χ1) is 7.84. The maximum Gasteiger partial charge on any atom is -0.00174 e. The Morgan fingerprint density at radius 1 is 1.06 bits per heavy atom. The molecule has 1 N–H and O–H groups in total. The summed E-state index contributed by atoms with van der Waals surface area (Å²) in [4.78, 5) is 0. The van der Waals surface area contributed by atoms with Crippen molar-refractivity contribution in [3.05, 3.63) is 35.9 Å². The third kappa shape index (κ3) is 2.01. The van der Waals surface area contributed by atoms with Gasteiger partial charge >= 0.3 is 0 Å². The molecule has 0 bridgehead atoms. The lowest BCUT2D eigenvalue weighted by atomic mass is 9.87. The fourth-order valence-electron chi connectivity index (χ4n) is 3.34. The van der Waals surface area contributed by atoms with Crippen LogP contribution in [0.25, 0.3) is 0 Å². The van der Waals surface area contributed by atoms with E-state index in [-0.39, 0.29) is 0 Å². The van der Waals surface area contributed by atoms with E-state index < -0.39 is 0 Å². The van der Waals surface area contributed by atoms with Crippen LogP contribution >= 0.6 is 0 Å². The molecular weight excluding hydrogens is 194 g/mol. The maximum absolute atomic E-state index is 3.58. The summed E-state index contributed by atoms with van der Waals surface area (Å²) in [6.07, 6.45) is 2.85. The average molecular weight is 215 g/mol. The molecule has 86 valence electrons. The summed E-state index contributed by atoms with van der Waals surface area (Å²) in [6, 6.07) is 11.1. The van der Waals surface area contributed by atoms with Crippen LogP contribution in [0.3, 0.4) is 0 Å². The zero-order chi connectivity index (χ0) is 11.0. The van der Waals surface area contributed by atoms with E-state index in [0.29, 0.717) is 0 Å². The van der Waals surface area contributed by atoms with Gasteiger partial charge in [-0.3, -0.25) is 0 Å². The molecule has 0 radical (unpaired) electrons. The number of piperidine rings is 1. The van der Waals surface area contributed by atoms with Crippen LogP contribution in [0.1, 0.15) is 31.2 Å². The third-order valence-corrected chi connectivity index (χ3v) is 4.28. The van der Waals surface area contributed by atoms with Gasteiger partial charge in [-0.25, -0.2) is 0 Å². The van der Waals surface area contributed by atoms with Crippen molar-refractivity contribution in [1.29, 1.82) is 0 Å². The Balaban J connectivity index is 1.63. The van der Waals surface area contributed by atoms with Crippen molar-refractivity contribution in [2.24, 2.45) is 17.8 Å². The molecule has 1 aromatic rings. The molecule has 1 saturated carbocycles. The molecule has 3 rings (SSSR count). The molecule has 1 saturated heterocycles. The summed E-state index contributed by atoms with van der Waals surface area (Å²) in [5.41, 5.74) is 1.56. The lowest BCUT2D eigenvalue weighted by Crippen LogP contribution is -2.36. The number of hydrogen-bond acceptors (Lipinski definition) is 1. The van der Waals surface area contributed by atoms with E-state index in [1.165, 1.54) is 25.9 Å². The number of benzene rings is 1. The molecule has 1 aliphatic heterocycles. The summed E-state index contributed by atoms with van der Waals surface area (Å²) in [5.74, 6) is 3.61. The van der Waals surface area contributed by atoms with Crippen LogP contribution in [-0.2, 0) is 0 Å². The zero-order valence-electron chi connectivity index (χ0n) is 10.0. The Morgan fingerprint density at radius 2 is 1.88 bits per heavy atom. The molecule has 0 aromatic heterocycles. The first kappa shape index (κ1) is 10.3. The lowest BCUT2D eigenvalue weighted by Gasteiger charge is -2.28. The van der Waals surface area contributed by atoms with Crippen molar-refractivity contribution >= 4 is 0 Å². The second kappa shape index (κ2) is 4.21. The first-order valence-electron chi connectivity index (χ1n) is 6.60. The summed E-state index contributed by atoms with van der Waals surface area (Å²) in [5, 5.41) is 3.58. The van der Waals surface area contributed by atoms with Gasteiger partial charge in [-0.15, -0.1) is 0 Å². The Kier molecular flexibility index (Phi) is 2.72. The Bertz CT molecular complexity index is 346. The fourth-order valence-corrected chi connectivity index (χ4v) is 3.34. The molecule has 4 atom stereocenters. The second-order valence-corrected chi connectivity index (χ2v) is 5.68. The zero-order valence-corrected chi connectivity index (χ0v) is 10.0. The minimum absolute atomic E-state index is 0.860. The minimum Gasteiger partial charge on any atom is -0.316 e. The van der Waals surface area contributed by atoms with Crippen molar-refractivity contribution in [2.75, 3.05) is 13.1 Å². The highest BCUT2D eigenvalue weighted by Gasteiger charge is 2.44. The SMILES string of the molecule is CC1CNCC(C2CC2c2ccccc2)C1. The highest BCUT2D eigenvalue weighted by atomic mass is 14.9. The highest BCUT2D eigenvalue weighted by molar-refractivity contribution is 5.26. The molecule has 0 spiro atoms. The van der Waals surface area contributed by atoms with Gasteiger partial charge in [0.15, 0.2) is 0 Å². The second-order valence-electron chi connectivity index (χ2n) is 5.68. The molecule has 1 aromatic carbocycles. The van der Waals surface area contributed by atoms with Gasteiger partial charge in [0.1, 0.15) is 0 Å². The smallest absolute Gasteiger partial charge is 0.00174 e. The van der Waals surface area contributed by atoms with Crippen molar-refractivity contribution in [1.82, 2.24) is 5.32 Å². The van der Waals surface area contributed by atoms with E-state index in [1.807, 2.05) is 0 Å². The molecule has 1 heteroatoms. The molecule has 1 nitrogen and oxygen atoms in total. The average Bonchev–Trinajstić information content (AvgIpc) is 3.10. The van der Waals surface area contributed by atoms with Crippen molar-refractivity contribution in [3.63, 3.8) is 0 Å². The van der Waals surface area contributed by atoms with Gasteiger partial charge in [-0.05, 0) is 55.2 Å². The van der Waals surface area contributed by atoms with Gasteiger partial charge in [0.2, 0.25) is 0 Å². The predicted octanol–water partition coefficient (Wildman–Crippen LogP) is 3.04. The Morgan fingerprint density at radius 3 is 2.62 bits per heavy atom. The van der Waals surface area contributed by atoms with Gasteiger partial charge in [-0.1, -0.05) is 37.3 Å². The third-order valence-electron chi connectivity index (χ3n) is 4.28. The largest absolute Gasteiger partial charge is 0.316 e. The van der Waals surface area contributed by atoms with E-state index in [9.17, 15) is 0 Å². The topological polar surface area (TPSA) is 12.0 Å². The van der Waals surface area contributed by atoms with E-state index in [4.69, 9.17) is 0 Å². The van der Waals surface area contributed by atoms with E-state index in [0.717, 1.165) is 23.7 Å². The molecule has 2 aliphatic rings. The standard InChI is InChI=1S/C15H21N/c1-11-7-13(10-16-9-11)15-8-14(15)12-5-3-2-4-6-12/h2-6,11,13-16H,7-10H2,1H3. The van der Waals surface area contributed by atoms with Crippen LogP contribution in [0, 0.1) is 17.8 Å². The van der Waals surface area contributed by atoms with Crippen molar-refractivity contribution in [3.8, 4) is 0 Å². The van der Waals surface area contributed by atoms with Gasteiger partial charge in [0.05, 0.1) is 0 Å². The highest BCUT2D eigenvalue weighted by Crippen LogP contribution is 2.53. The normalized spacial score (nSPS) is 38.3. The summed E-state index contributed by atoms with van der Waals surface area (Å²) < 4.78 is 0. The van der Waals surface area contributed by atoms with Crippen LogP contribution in [-0.4, -0.2) is 13.1 Å². The summed E-state index contributed by atoms with van der Waals surface area (Å²) in [7, 11) is 0. The number of nitrogens with one attached hydrogen (secondary N) is 1. The van der Waals surface area contributed by atoms with Crippen LogP contribution < -0.4 is 5.32 Å². The molecule has 0 amide bonds.